The number of aromatic nitrogens is 8. The summed E-state index contributed by atoms with van der Waals surface area (Å²) in [5.41, 5.74) is 23.9. The lowest BCUT2D eigenvalue weighted by Crippen LogP contribution is -2.20. The Morgan fingerprint density at radius 1 is 0.275 bits per heavy atom. The maximum absolute atomic E-state index is 13.1. The molecule has 4 aromatic heterocycles. The van der Waals surface area contributed by atoms with Crippen molar-refractivity contribution in [2.75, 3.05) is 21.3 Å². The number of nitrogens with zero attached hydrogens (tertiary/aromatic N) is 8. The van der Waals surface area contributed by atoms with Crippen molar-refractivity contribution < 1.29 is 39.6 Å². The summed E-state index contributed by atoms with van der Waals surface area (Å²) in [6.45, 7) is 0. The minimum Gasteiger partial charge on any atom is -0.508 e. The van der Waals surface area contributed by atoms with E-state index >= 15 is 0 Å². The Bertz CT molecular complexity index is 6300. The first-order valence-electron chi connectivity index (χ1n) is 47.8. The van der Waals surface area contributed by atoms with Gasteiger partial charge in [0, 0.05) is 35.1 Å². The zero-order valence-electron chi connectivity index (χ0n) is 74.7. The number of carbonyl (C=O) groups is 4. The van der Waals surface area contributed by atoms with Gasteiger partial charge in [0.25, 0.3) is 0 Å². The van der Waals surface area contributed by atoms with Crippen LogP contribution in [0.3, 0.4) is 0 Å². The molecule has 20 nitrogen and oxygen atoms in total. The van der Waals surface area contributed by atoms with Crippen LogP contribution >= 0.6 is 0 Å². The molecule has 668 valence electrons. The van der Waals surface area contributed by atoms with Gasteiger partial charge in [0.2, 0.25) is 23.6 Å². The Labute approximate surface area is 766 Å². The number of fused-ring (bicyclic) bond motifs is 13. The maximum Gasteiger partial charge on any atom is 0.229 e. The molecule has 9 aromatic carbocycles. The fourth-order valence-corrected chi connectivity index (χ4v) is 20.6. The standard InChI is InChI=1S/C30H29N3O2.C28H31N3O2.C27H29N3O2.C26H27N3O2/c34-24-12-13-25-23(18-24)11-14-26-29(25)31-27(16-19-5-1-2-6-19)30(32-26)33-28(35)17-20-9-10-21-7-3-4-8-22(21)15-20;32-22-14-15-23-21(18-22)13-16-24-27(23)29-25(17-20-9-4-5-10-20)28(30-24)31-26(33)12-6-11-19-7-2-1-3-8-19;31-21-12-13-22-20(17-21)11-14-23-26(22)28-24(16-19-8-4-5-9-19)27(29-23)30-25(32)15-10-18-6-2-1-3-7-18;30-20-11-12-21-19(16-20)10-13-22-25(21)27-23(14-17-8-4-5-9-17)26(28-22)29-24(31)15-18-6-2-1-3-7-18/h3-4,7-10,12-13,15,18-19,34H,1-2,5-6,11,14,16-17H2,(H,32,33,35);1-3,7-8,14-15,18,20,32H,4-6,9-13,16-17H2,(H,30,31,33);1-3,6-7,12-13,17,19,31H,4-5,8-11,14-16H2,(H,29,30,32);1-3,6-7,11-12,16-17,30H,4-5,8-10,13-15H2,(H,28,29,31). The van der Waals surface area contributed by atoms with Gasteiger partial charge >= 0.3 is 0 Å². The molecule has 8 aliphatic rings. The van der Waals surface area contributed by atoms with Crippen molar-refractivity contribution in [3.8, 4) is 68.0 Å². The highest BCUT2D eigenvalue weighted by molar-refractivity contribution is 5.95. The molecule has 0 bridgehead atoms. The summed E-state index contributed by atoms with van der Waals surface area (Å²) in [6, 6.07) is 66.4. The van der Waals surface area contributed by atoms with Crippen LogP contribution in [-0.4, -0.2) is 83.9 Å². The smallest absolute Gasteiger partial charge is 0.229 e. The molecule has 4 fully saturated rings. The Kier molecular flexibility index (Phi) is 28.0. The van der Waals surface area contributed by atoms with E-state index in [1.165, 1.54) is 114 Å². The highest BCUT2D eigenvalue weighted by Gasteiger charge is 2.32. The Morgan fingerprint density at radius 2 is 0.573 bits per heavy atom. The summed E-state index contributed by atoms with van der Waals surface area (Å²) in [5, 5.41) is 54.2. The van der Waals surface area contributed by atoms with Crippen LogP contribution in [-0.2, 0) is 122 Å². The van der Waals surface area contributed by atoms with Gasteiger partial charge in [0.05, 0.1) is 81.2 Å². The number of hydrogen-bond donors (Lipinski definition) is 8. The zero-order valence-corrected chi connectivity index (χ0v) is 74.7. The number of rotatable bonds is 23. The first kappa shape index (κ1) is 88.3. The third-order valence-electron chi connectivity index (χ3n) is 27.5. The van der Waals surface area contributed by atoms with Crippen molar-refractivity contribution in [2.45, 2.75) is 225 Å². The number of phenols is 4. The molecule has 8 aliphatic carbocycles. The van der Waals surface area contributed by atoms with E-state index in [-0.39, 0.29) is 46.6 Å². The summed E-state index contributed by atoms with van der Waals surface area (Å²) in [4.78, 5) is 91.4. The third-order valence-corrected chi connectivity index (χ3v) is 27.5. The number of aryl methyl sites for hydroxylation is 10. The van der Waals surface area contributed by atoms with Gasteiger partial charge in [-0.25, -0.2) is 39.9 Å². The van der Waals surface area contributed by atoms with E-state index in [0.717, 1.165) is 225 Å². The topological polar surface area (TPSA) is 300 Å². The molecule has 0 atom stereocenters. The average molecular weight is 1750 g/mol. The molecule has 8 N–H and O–H groups in total. The van der Waals surface area contributed by atoms with Crippen molar-refractivity contribution in [3.63, 3.8) is 0 Å². The van der Waals surface area contributed by atoms with Crippen LogP contribution in [0.2, 0.25) is 0 Å². The van der Waals surface area contributed by atoms with Gasteiger partial charge < -0.3 is 41.7 Å². The molecule has 21 rings (SSSR count). The van der Waals surface area contributed by atoms with Gasteiger partial charge in [-0.3, -0.25) is 19.2 Å². The summed E-state index contributed by atoms with van der Waals surface area (Å²) in [5.74, 6) is 5.91. The number of anilines is 4. The van der Waals surface area contributed by atoms with Crippen molar-refractivity contribution >= 4 is 57.7 Å². The van der Waals surface area contributed by atoms with E-state index < -0.39 is 0 Å². The normalized spacial score (nSPS) is 15.2. The minimum absolute atomic E-state index is 0.00832. The lowest BCUT2D eigenvalue weighted by atomic mass is 9.91. The highest BCUT2D eigenvalue weighted by Crippen LogP contribution is 2.43. The van der Waals surface area contributed by atoms with Crippen LogP contribution in [0.15, 0.2) is 206 Å². The molecule has 20 heteroatoms. The number of aromatic hydroxyl groups is 4. The van der Waals surface area contributed by atoms with Crippen LogP contribution in [0.1, 0.15) is 212 Å². The SMILES string of the molecule is O=C(CCCc1ccccc1)Nc1nc2c(nc1CC1CCCC1)-c1ccc(O)cc1CC2.O=C(CCc1ccccc1)Nc1nc2c(nc1CC1CCCC1)-c1ccc(O)cc1CC2.O=C(Cc1ccc2ccccc2c1)Nc1nc2c(nc1CC1CCCC1)-c1ccc(O)cc1CC2.O=C(Cc1ccccc1)Nc1nc2c(nc1CC1CCCC1)-c1ccc(O)cc1CC2. The molecule has 0 radical (unpaired) electrons. The number of phenolic OH excluding ortho intramolecular Hbond substituents is 4. The highest BCUT2D eigenvalue weighted by atomic mass is 16.3. The second-order valence-corrected chi connectivity index (χ2v) is 37.1. The number of hydrogen-bond acceptors (Lipinski definition) is 16. The molecule has 4 heterocycles. The van der Waals surface area contributed by atoms with E-state index in [1.807, 2.05) is 146 Å². The fraction of sp³-hybridized carbons (Fsp3) is 0.351. The molecular weight excluding hydrogens is 1630 g/mol. The Balaban J connectivity index is 0.000000117. The quantitative estimate of drug-likeness (QED) is 0.0295. The number of benzene rings is 9. The van der Waals surface area contributed by atoms with Crippen molar-refractivity contribution in [2.24, 2.45) is 23.7 Å². The zero-order chi connectivity index (χ0) is 89.5. The van der Waals surface area contributed by atoms with Gasteiger partial charge in [-0.1, -0.05) is 236 Å². The van der Waals surface area contributed by atoms with Crippen LogP contribution in [0, 0.1) is 23.7 Å². The van der Waals surface area contributed by atoms with Crippen LogP contribution in [0.5, 0.6) is 23.0 Å². The van der Waals surface area contributed by atoms with Gasteiger partial charge in [0.15, 0.2) is 23.3 Å². The van der Waals surface area contributed by atoms with Gasteiger partial charge in [-0.2, -0.15) is 0 Å². The molecular formula is C111H116N12O8. The van der Waals surface area contributed by atoms with Crippen molar-refractivity contribution in [1.29, 1.82) is 0 Å². The Hall–Kier alpha value is -13.4. The van der Waals surface area contributed by atoms with Gasteiger partial charge in [0.1, 0.15) is 23.0 Å². The predicted molar refractivity (Wildman–Crippen MR) is 515 cm³/mol. The molecule has 4 saturated carbocycles. The monoisotopic (exact) mass is 1740 g/mol. The van der Waals surface area contributed by atoms with E-state index in [4.69, 9.17) is 39.9 Å². The fourth-order valence-electron chi connectivity index (χ4n) is 20.6. The molecule has 0 unspecified atom stereocenters. The molecule has 0 aliphatic heterocycles. The largest absolute Gasteiger partial charge is 0.508 e. The molecule has 0 saturated heterocycles. The van der Waals surface area contributed by atoms with Gasteiger partial charge in [-0.05, 0) is 248 Å². The molecule has 4 amide bonds. The van der Waals surface area contributed by atoms with Crippen molar-refractivity contribution in [1.82, 2.24) is 39.9 Å². The van der Waals surface area contributed by atoms with Crippen LogP contribution in [0.25, 0.3) is 55.8 Å². The number of nitrogens with one attached hydrogen (secondary N) is 4. The number of carbonyl (C=O) groups excluding carboxylic acids is 4. The van der Waals surface area contributed by atoms with E-state index in [2.05, 4.69) is 57.7 Å². The minimum atomic E-state index is -0.0664. The van der Waals surface area contributed by atoms with Gasteiger partial charge in [-0.15, -0.1) is 0 Å². The van der Waals surface area contributed by atoms with Crippen LogP contribution < -0.4 is 21.3 Å². The van der Waals surface area contributed by atoms with E-state index in [9.17, 15) is 39.6 Å². The summed E-state index contributed by atoms with van der Waals surface area (Å²) >= 11 is 0. The van der Waals surface area contributed by atoms with E-state index in [1.54, 1.807) is 24.3 Å². The molecule has 13 aromatic rings. The third kappa shape index (κ3) is 22.4. The Morgan fingerprint density at radius 3 is 0.924 bits per heavy atom. The van der Waals surface area contributed by atoms with Crippen LogP contribution in [0.4, 0.5) is 23.3 Å². The number of amides is 4. The summed E-state index contributed by atoms with van der Waals surface area (Å²) in [7, 11) is 0. The molecule has 131 heavy (non-hydrogen) atoms. The average Bonchev–Trinajstić information content (AvgIpc) is 1.75. The first-order chi connectivity index (χ1) is 64.1. The maximum atomic E-state index is 13.1. The predicted octanol–water partition coefficient (Wildman–Crippen LogP) is 21.8. The lowest BCUT2D eigenvalue weighted by molar-refractivity contribution is -0.117. The summed E-state index contributed by atoms with van der Waals surface area (Å²) in [6.07, 6.45) is 33.4. The second-order valence-electron chi connectivity index (χ2n) is 37.1. The second kappa shape index (κ2) is 41.6. The van der Waals surface area contributed by atoms with Crippen molar-refractivity contribution in [3.05, 3.63) is 296 Å². The summed E-state index contributed by atoms with van der Waals surface area (Å²) < 4.78 is 0. The first-order valence-corrected chi connectivity index (χ1v) is 47.8. The van der Waals surface area contributed by atoms with E-state index in [0.29, 0.717) is 79.0 Å². The molecule has 0 spiro atoms. The lowest BCUT2D eigenvalue weighted by Gasteiger charge is -2.22.